The van der Waals surface area contributed by atoms with Crippen molar-refractivity contribution in [2.24, 2.45) is 0 Å². The first-order valence-corrected chi connectivity index (χ1v) is 9.45. The van der Waals surface area contributed by atoms with E-state index in [1.165, 1.54) is 5.56 Å². The fourth-order valence-corrected chi connectivity index (χ4v) is 3.22. The number of hydrogen-bond donors (Lipinski definition) is 1. The fraction of sp³-hybridized carbons (Fsp3) is 0.450. The van der Waals surface area contributed by atoms with Crippen molar-refractivity contribution in [2.45, 2.75) is 40.3 Å². The van der Waals surface area contributed by atoms with Gasteiger partial charge in [0.1, 0.15) is 11.6 Å². The molecular formula is C20H27N5O2. The van der Waals surface area contributed by atoms with Gasteiger partial charge in [-0.3, -0.25) is 14.6 Å². The van der Waals surface area contributed by atoms with Gasteiger partial charge in [0.15, 0.2) is 0 Å². The zero-order chi connectivity index (χ0) is 19.4. The lowest BCUT2D eigenvalue weighted by Crippen LogP contribution is -2.27. The molecule has 27 heavy (non-hydrogen) atoms. The van der Waals surface area contributed by atoms with E-state index in [-0.39, 0.29) is 18.3 Å². The highest BCUT2D eigenvalue weighted by atomic mass is 16.5. The highest BCUT2D eigenvalue weighted by molar-refractivity contribution is 6.01. The number of nitrogens with zero attached hydrogens (tertiary/aromatic N) is 4. The lowest BCUT2D eigenvalue weighted by atomic mass is 10.1. The molecule has 0 radical (unpaired) electrons. The first kappa shape index (κ1) is 19.1. The molecule has 2 N–H and O–H groups in total. The Bertz CT molecular complexity index is 803. The van der Waals surface area contributed by atoms with E-state index in [0.717, 1.165) is 25.2 Å². The predicted molar refractivity (Wildman–Crippen MR) is 106 cm³/mol. The molecule has 1 aromatic heterocycles. The fourth-order valence-electron chi connectivity index (χ4n) is 3.22. The molecule has 144 valence electrons. The van der Waals surface area contributed by atoms with Crippen LogP contribution in [0.25, 0.3) is 0 Å². The van der Waals surface area contributed by atoms with E-state index in [0.29, 0.717) is 30.4 Å². The summed E-state index contributed by atoms with van der Waals surface area (Å²) >= 11 is 0. The molecule has 2 aromatic rings. The van der Waals surface area contributed by atoms with Gasteiger partial charge in [-0.25, -0.2) is 0 Å². The number of aromatic nitrogens is 2. The van der Waals surface area contributed by atoms with Crippen LogP contribution in [0.3, 0.4) is 0 Å². The smallest absolute Gasteiger partial charge is 0.320 e. The van der Waals surface area contributed by atoms with Crippen molar-refractivity contribution in [3.05, 3.63) is 41.0 Å². The third-order valence-electron chi connectivity index (χ3n) is 4.82. The largest absolute Gasteiger partial charge is 0.464 e. The van der Waals surface area contributed by atoms with Crippen LogP contribution < -0.4 is 15.4 Å². The summed E-state index contributed by atoms with van der Waals surface area (Å²) in [6.45, 7) is 10.1. The molecule has 0 saturated carbocycles. The minimum absolute atomic E-state index is 0.0214. The van der Waals surface area contributed by atoms with Crippen LogP contribution in [0.2, 0.25) is 0 Å². The maximum atomic E-state index is 12.5. The van der Waals surface area contributed by atoms with Crippen molar-refractivity contribution in [3.8, 4) is 6.01 Å². The Morgan fingerprint density at radius 2 is 1.78 bits per heavy atom. The Balaban J connectivity index is 1.78. The normalized spacial score (nSPS) is 13.3. The summed E-state index contributed by atoms with van der Waals surface area (Å²) in [5.74, 6) is 0.851. The van der Waals surface area contributed by atoms with Crippen LogP contribution in [0.15, 0.2) is 24.3 Å². The second-order valence-electron chi connectivity index (χ2n) is 6.56. The summed E-state index contributed by atoms with van der Waals surface area (Å²) in [5, 5.41) is 0. The Morgan fingerprint density at radius 3 is 2.41 bits per heavy atom. The van der Waals surface area contributed by atoms with E-state index in [2.05, 4.69) is 53.0 Å². The molecule has 0 atom stereocenters. The molecule has 1 amide bonds. The van der Waals surface area contributed by atoms with Gasteiger partial charge in [0, 0.05) is 12.1 Å². The van der Waals surface area contributed by atoms with E-state index >= 15 is 0 Å². The van der Waals surface area contributed by atoms with Gasteiger partial charge in [0.2, 0.25) is 5.91 Å². The van der Waals surface area contributed by atoms with Crippen LogP contribution in [0.5, 0.6) is 6.01 Å². The number of nitrogens with two attached hydrogens (primary N) is 1. The Hall–Kier alpha value is -2.67. The van der Waals surface area contributed by atoms with Gasteiger partial charge in [-0.05, 0) is 31.1 Å². The van der Waals surface area contributed by atoms with Crippen LogP contribution in [-0.2, 0) is 24.3 Å². The van der Waals surface area contributed by atoms with Crippen molar-refractivity contribution >= 4 is 17.5 Å². The van der Waals surface area contributed by atoms with E-state index in [4.69, 9.17) is 10.5 Å². The number of fused-ring (bicyclic) bond motifs is 1. The second kappa shape index (κ2) is 8.35. The van der Waals surface area contributed by atoms with E-state index in [1.807, 2.05) is 6.92 Å². The summed E-state index contributed by atoms with van der Waals surface area (Å²) in [7, 11) is 0. The predicted octanol–water partition coefficient (Wildman–Crippen LogP) is 2.39. The number of anilines is 2. The molecule has 7 heteroatoms. The topological polar surface area (TPSA) is 84.6 Å². The molecule has 3 rings (SSSR count). The molecule has 7 nitrogen and oxygen atoms in total. The standard InChI is InChI=1S/C20H27N5O2/c1-4-24(5-2)12-14-7-9-15(10-8-14)13-25-17(26)11-16-18(21)22-20(27-6-3)23-19(16)25/h7-10H,4-6,11-13H2,1-3H3,(H2,21,22,23). The molecule has 0 saturated heterocycles. The quantitative estimate of drug-likeness (QED) is 0.769. The van der Waals surface area contributed by atoms with Crippen molar-refractivity contribution in [1.29, 1.82) is 0 Å². The number of ether oxygens (including phenoxy) is 1. The number of carbonyl (C=O) groups is 1. The summed E-state index contributed by atoms with van der Waals surface area (Å²) in [6.07, 6.45) is 0.230. The average Bonchev–Trinajstić information content (AvgIpc) is 2.98. The number of amides is 1. The van der Waals surface area contributed by atoms with Gasteiger partial charge < -0.3 is 10.5 Å². The zero-order valence-electron chi connectivity index (χ0n) is 16.2. The average molecular weight is 369 g/mol. The van der Waals surface area contributed by atoms with E-state index < -0.39 is 0 Å². The molecule has 2 heterocycles. The summed E-state index contributed by atoms with van der Waals surface area (Å²) < 4.78 is 5.37. The Morgan fingerprint density at radius 1 is 1.11 bits per heavy atom. The van der Waals surface area contributed by atoms with Crippen LogP contribution >= 0.6 is 0 Å². The van der Waals surface area contributed by atoms with E-state index in [1.54, 1.807) is 4.90 Å². The summed E-state index contributed by atoms with van der Waals surface area (Å²) in [6, 6.07) is 8.59. The highest BCUT2D eigenvalue weighted by Crippen LogP contribution is 2.33. The monoisotopic (exact) mass is 369 g/mol. The van der Waals surface area contributed by atoms with Gasteiger partial charge in [0.25, 0.3) is 0 Å². The zero-order valence-corrected chi connectivity index (χ0v) is 16.2. The van der Waals surface area contributed by atoms with Crippen molar-refractivity contribution in [2.75, 3.05) is 30.3 Å². The third-order valence-corrected chi connectivity index (χ3v) is 4.82. The lowest BCUT2D eigenvalue weighted by Gasteiger charge is -2.19. The van der Waals surface area contributed by atoms with E-state index in [9.17, 15) is 4.79 Å². The van der Waals surface area contributed by atoms with Crippen LogP contribution in [0.1, 0.15) is 37.5 Å². The first-order valence-electron chi connectivity index (χ1n) is 9.45. The van der Waals surface area contributed by atoms with Gasteiger partial charge in [-0.15, -0.1) is 0 Å². The van der Waals surface area contributed by atoms with Crippen molar-refractivity contribution < 1.29 is 9.53 Å². The molecule has 0 spiro atoms. The molecular weight excluding hydrogens is 342 g/mol. The van der Waals surface area contributed by atoms with Crippen LogP contribution in [-0.4, -0.2) is 40.5 Å². The SMILES string of the molecule is CCOc1nc(N)c2c(n1)N(Cc1ccc(CN(CC)CC)cc1)C(=O)C2. The maximum absolute atomic E-state index is 12.5. The number of carbonyl (C=O) groups excluding carboxylic acids is 1. The minimum Gasteiger partial charge on any atom is -0.464 e. The molecule has 1 aromatic carbocycles. The van der Waals surface area contributed by atoms with Crippen LogP contribution in [0, 0.1) is 0 Å². The van der Waals surface area contributed by atoms with Gasteiger partial charge in [-0.1, -0.05) is 38.1 Å². The number of hydrogen-bond acceptors (Lipinski definition) is 6. The number of rotatable bonds is 8. The Labute approximate surface area is 160 Å². The van der Waals surface area contributed by atoms with Gasteiger partial charge >= 0.3 is 6.01 Å². The third kappa shape index (κ3) is 4.19. The summed E-state index contributed by atoms with van der Waals surface area (Å²) in [4.78, 5) is 25.1. The first-order chi connectivity index (χ1) is 13.0. The molecule has 1 aliphatic heterocycles. The second-order valence-corrected chi connectivity index (χ2v) is 6.56. The highest BCUT2D eigenvalue weighted by Gasteiger charge is 2.32. The van der Waals surface area contributed by atoms with Crippen molar-refractivity contribution in [1.82, 2.24) is 14.9 Å². The van der Waals surface area contributed by atoms with Gasteiger partial charge in [-0.2, -0.15) is 9.97 Å². The Kier molecular flexibility index (Phi) is 5.91. The van der Waals surface area contributed by atoms with Crippen LogP contribution in [0.4, 0.5) is 11.6 Å². The molecule has 0 fully saturated rings. The molecule has 1 aliphatic rings. The molecule has 0 aliphatic carbocycles. The number of nitrogen functional groups attached to an aromatic ring is 1. The lowest BCUT2D eigenvalue weighted by molar-refractivity contribution is -0.117. The molecule has 0 unspecified atom stereocenters. The van der Waals surface area contributed by atoms with Crippen molar-refractivity contribution in [3.63, 3.8) is 0 Å². The van der Waals surface area contributed by atoms with Gasteiger partial charge in [0.05, 0.1) is 19.6 Å². The number of benzene rings is 1. The maximum Gasteiger partial charge on any atom is 0.320 e. The summed E-state index contributed by atoms with van der Waals surface area (Å²) in [5.41, 5.74) is 9.00. The minimum atomic E-state index is -0.0214. The molecule has 0 bridgehead atoms.